The van der Waals surface area contributed by atoms with E-state index in [-0.39, 0.29) is 29.5 Å². The highest BCUT2D eigenvalue weighted by molar-refractivity contribution is 8.01. The fraction of sp³-hybridized carbons (Fsp3) is 0.533. The van der Waals surface area contributed by atoms with Gasteiger partial charge in [0, 0.05) is 18.1 Å². The maximum absolute atomic E-state index is 12.5. The van der Waals surface area contributed by atoms with E-state index in [4.69, 9.17) is 10.7 Å². The van der Waals surface area contributed by atoms with Gasteiger partial charge >= 0.3 is 5.97 Å². The highest BCUT2D eigenvalue weighted by Gasteiger charge is 2.59. The monoisotopic (exact) mass is 613 g/mol. The lowest BCUT2D eigenvalue weighted by atomic mass is 9.78. The average Bonchev–Trinajstić information content (AvgIpc) is 3.46. The number of fused-ring (bicyclic) bond motifs is 5. The van der Waals surface area contributed by atoms with Crippen LogP contribution in [0.15, 0.2) is 46.0 Å². The van der Waals surface area contributed by atoms with Gasteiger partial charge in [-0.25, -0.2) is 9.78 Å². The fourth-order valence-electron chi connectivity index (χ4n) is 7.49. The minimum atomic E-state index is -1.11. The summed E-state index contributed by atoms with van der Waals surface area (Å²) in [5, 5.41) is 19.8. The molecule has 0 unspecified atom stereocenters. The molecular formula is C30H39N5O5S2+2. The van der Waals surface area contributed by atoms with E-state index in [0.717, 1.165) is 75.8 Å². The molecule has 1 aromatic carbocycles. The number of aliphatic carboxylic acids is 1. The molecule has 0 saturated carbocycles. The van der Waals surface area contributed by atoms with E-state index < -0.39 is 18.0 Å². The number of thiazole rings is 1. The third-order valence-corrected chi connectivity index (χ3v) is 12.1. The van der Waals surface area contributed by atoms with E-state index in [0.29, 0.717) is 17.9 Å². The summed E-state index contributed by atoms with van der Waals surface area (Å²) >= 11 is 3.27. The normalized spacial score (nSPS) is 31.2. The number of aromatic nitrogens is 1. The lowest BCUT2D eigenvalue weighted by Gasteiger charge is -2.55. The number of hydrogen-bond donors (Lipinski definition) is 3. The summed E-state index contributed by atoms with van der Waals surface area (Å²) in [4.78, 5) is 42.3. The molecule has 4 saturated heterocycles. The van der Waals surface area contributed by atoms with Crippen LogP contribution in [0.2, 0.25) is 0 Å². The van der Waals surface area contributed by atoms with Crippen LogP contribution in [-0.4, -0.2) is 117 Å². The van der Waals surface area contributed by atoms with Gasteiger partial charge in [-0.3, -0.25) is 9.59 Å². The number of benzene rings is 1. The molecule has 0 radical (unpaired) electrons. The molecule has 2 amide bonds. The first-order chi connectivity index (χ1) is 20.0. The first kappa shape index (κ1) is 29.3. The van der Waals surface area contributed by atoms with Crippen molar-refractivity contribution in [2.75, 3.05) is 58.1 Å². The third-order valence-electron chi connectivity index (χ3n) is 9.97. The quantitative estimate of drug-likeness (QED) is 0.200. The van der Waals surface area contributed by atoms with Crippen LogP contribution in [0, 0.1) is 11.8 Å². The van der Waals surface area contributed by atoms with Crippen molar-refractivity contribution in [2.45, 2.75) is 36.8 Å². The summed E-state index contributed by atoms with van der Waals surface area (Å²) in [6, 6.07) is 6.27. The van der Waals surface area contributed by atoms with Gasteiger partial charge in [-0.2, -0.15) is 0 Å². The molecule has 4 N–H and O–H groups in total. The highest BCUT2D eigenvalue weighted by Crippen LogP contribution is 2.47. The van der Waals surface area contributed by atoms with Crippen molar-refractivity contribution in [3.63, 3.8) is 0 Å². The second kappa shape index (κ2) is 11.1. The molecule has 4 fully saturated rings. The van der Waals surface area contributed by atoms with E-state index in [2.05, 4.69) is 18.2 Å². The molecule has 7 rings (SSSR count). The second-order valence-electron chi connectivity index (χ2n) is 12.5. The number of allylic oxidation sites excluding steroid dienone is 1. The van der Waals surface area contributed by atoms with Gasteiger partial charge in [-0.1, -0.05) is 36.9 Å². The van der Waals surface area contributed by atoms with Crippen molar-refractivity contribution in [1.82, 2.24) is 9.88 Å². The van der Waals surface area contributed by atoms with E-state index >= 15 is 0 Å². The predicted octanol–water partition coefficient (Wildman–Crippen LogP) is 1.83. The number of hydrogen-bond acceptors (Lipinski definition) is 7. The van der Waals surface area contributed by atoms with Gasteiger partial charge in [-0.15, -0.1) is 11.3 Å². The second-order valence-corrected chi connectivity index (χ2v) is 14.8. The number of thioether (sulfide) groups is 1. The lowest BCUT2D eigenvalue weighted by Crippen LogP contribution is -2.76. The van der Waals surface area contributed by atoms with Crippen molar-refractivity contribution in [3.05, 3.63) is 47.2 Å². The number of aliphatic hydroxyl groups is 1. The Bertz CT molecular complexity index is 1480. The maximum Gasteiger partial charge on any atom is 0.352 e. The SMILES string of the molecule is C[C@@H](O)[C@H]1C(=O)N2C(C(=O)O)=C(/C=C/CSc3nc4cc(CC[N+]56CC[N+](CC(N)=O)(CC5)CC6)ccc4s3)[C@H](C)[C@H]12. The van der Waals surface area contributed by atoms with E-state index in [1.165, 1.54) is 10.5 Å². The average molecular weight is 614 g/mol. The Morgan fingerprint density at radius 2 is 1.90 bits per heavy atom. The molecule has 224 valence electrons. The number of carbonyl (C=O) groups is 3. The molecule has 12 heteroatoms. The fourth-order valence-corrected chi connectivity index (χ4v) is 9.37. The minimum Gasteiger partial charge on any atom is -0.477 e. The largest absolute Gasteiger partial charge is 0.477 e. The van der Waals surface area contributed by atoms with Crippen molar-refractivity contribution in [3.8, 4) is 0 Å². The summed E-state index contributed by atoms with van der Waals surface area (Å²) in [7, 11) is 0. The Morgan fingerprint density at radius 3 is 2.55 bits per heavy atom. The Labute approximate surface area is 253 Å². The number of aliphatic hydroxyl groups excluding tert-OH is 1. The number of nitrogens with two attached hydrogens (primary N) is 1. The van der Waals surface area contributed by atoms with Crippen LogP contribution in [0.25, 0.3) is 10.2 Å². The number of primary amides is 1. The minimum absolute atomic E-state index is 0.0341. The number of carboxylic acids is 1. The zero-order valence-electron chi connectivity index (χ0n) is 24.1. The molecular weight excluding hydrogens is 574 g/mol. The standard InChI is InChI=1S/C30H37N5O5S2/c1-18-21(27(29(39)40)33-26(18)25(19(2)36)28(33)38)4-3-15-41-30-32-22-16-20(5-6-23(22)42-30)7-8-34-9-12-35(13-10-34,14-11-34)17-24(31)37/h3-6,16,18-19,25-26,36H,7-15,17H2,1-2H3,(H-2,31,37,39,40)/p+2/b4-3+/t18-,19+,25+,26+,34?,35?/m0/s1. The van der Waals surface area contributed by atoms with Crippen LogP contribution < -0.4 is 5.73 Å². The van der Waals surface area contributed by atoms with Gasteiger partial charge < -0.3 is 29.8 Å². The number of carbonyl (C=O) groups excluding carboxylic acids is 2. The lowest BCUT2D eigenvalue weighted by molar-refractivity contribution is -1.08. The summed E-state index contributed by atoms with van der Waals surface area (Å²) < 4.78 is 4.11. The van der Waals surface area contributed by atoms with Gasteiger partial charge in [0.2, 0.25) is 5.91 Å². The van der Waals surface area contributed by atoms with E-state index in [9.17, 15) is 24.6 Å². The number of β-lactam (4-membered cyclic amide) rings is 1. The van der Waals surface area contributed by atoms with Crippen LogP contribution in [0.3, 0.4) is 0 Å². The molecule has 0 aliphatic carbocycles. The zero-order valence-corrected chi connectivity index (χ0v) is 25.7. The van der Waals surface area contributed by atoms with Crippen molar-refractivity contribution in [2.24, 2.45) is 17.6 Å². The zero-order chi connectivity index (χ0) is 29.8. The van der Waals surface area contributed by atoms with Crippen LogP contribution in [0.5, 0.6) is 0 Å². The summed E-state index contributed by atoms with van der Waals surface area (Å²) in [6.07, 6.45) is 3.96. The van der Waals surface area contributed by atoms with Gasteiger partial charge in [0.15, 0.2) is 10.9 Å². The molecule has 2 bridgehead atoms. The number of rotatable bonds is 11. The molecule has 4 atom stereocenters. The third kappa shape index (κ3) is 5.17. The summed E-state index contributed by atoms with van der Waals surface area (Å²) in [5.41, 5.74) is 8.48. The van der Waals surface area contributed by atoms with Gasteiger partial charge in [-0.05, 0) is 30.2 Å². The Hall–Kier alpha value is -2.77. The van der Waals surface area contributed by atoms with Crippen molar-refractivity contribution < 1.29 is 33.6 Å². The molecule has 1 aromatic heterocycles. The van der Waals surface area contributed by atoms with E-state index in [1.807, 2.05) is 19.1 Å². The van der Waals surface area contributed by atoms with Gasteiger partial charge in [0.05, 0.1) is 34.8 Å². The first-order valence-electron chi connectivity index (χ1n) is 14.7. The Morgan fingerprint density at radius 1 is 1.21 bits per heavy atom. The Kier molecular flexibility index (Phi) is 7.72. The van der Waals surface area contributed by atoms with Crippen molar-refractivity contribution >= 4 is 51.1 Å². The maximum atomic E-state index is 12.5. The van der Waals surface area contributed by atoms with Crippen LogP contribution in [-0.2, 0) is 20.8 Å². The molecule has 5 aliphatic heterocycles. The van der Waals surface area contributed by atoms with E-state index in [1.54, 1.807) is 30.0 Å². The highest BCUT2D eigenvalue weighted by atomic mass is 32.2. The molecule has 6 heterocycles. The molecule has 2 aromatic rings. The van der Waals surface area contributed by atoms with Crippen LogP contribution in [0.4, 0.5) is 0 Å². The molecule has 5 aliphatic rings. The number of nitrogens with zero attached hydrogens (tertiary/aromatic N) is 4. The predicted molar refractivity (Wildman–Crippen MR) is 161 cm³/mol. The smallest absolute Gasteiger partial charge is 0.352 e. The molecule has 42 heavy (non-hydrogen) atoms. The van der Waals surface area contributed by atoms with Crippen molar-refractivity contribution in [1.29, 1.82) is 0 Å². The number of carboxylic acid groups (broad SMARTS) is 1. The topological polar surface area (TPSA) is 134 Å². The molecule has 10 nitrogen and oxygen atoms in total. The van der Waals surface area contributed by atoms with Crippen LogP contribution in [0.1, 0.15) is 19.4 Å². The number of piperazine rings is 3. The number of quaternary nitrogens is 2. The van der Waals surface area contributed by atoms with Crippen LogP contribution >= 0.6 is 23.1 Å². The first-order valence-corrected chi connectivity index (χ1v) is 16.5. The van der Waals surface area contributed by atoms with Gasteiger partial charge in [0.1, 0.15) is 45.0 Å². The summed E-state index contributed by atoms with van der Waals surface area (Å²) in [5.74, 6) is -1.71. The Balaban J connectivity index is 1.06. The van der Waals surface area contributed by atoms with Gasteiger partial charge in [0.25, 0.3) is 5.91 Å². The summed E-state index contributed by atoms with van der Waals surface area (Å²) in [6.45, 7) is 11.5. The molecule has 0 spiro atoms. The number of amides is 2.